The third-order valence-corrected chi connectivity index (χ3v) is 2.99. The van der Waals surface area contributed by atoms with Gasteiger partial charge in [-0.1, -0.05) is 19.9 Å². The fourth-order valence-electron chi connectivity index (χ4n) is 1.94. The zero-order valence-electron chi connectivity index (χ0n) is 9.87. The molecule has 1 heterocycles. The molecule has 1 aromatic carbocycles. The lowest BCUT2D eigenvalue weighted by atomic mass is 10.0. The Hall–Kier alpha value is -1.09. The first-order chi connectivity index (χ1) is 7.68. The minimum absolute atomic E-state index is 0.133. The number of rotatable bonds is 2. The molecule has 0 aromatic heterocycles. The van der Waals surface area contributed by atoms with Crippen LogP contribution < -0.4 is 4.90 Å². The highest BCUT2D eigenvalue weighted by Crippen LogP contribution is 2.25. The van der Waals surface area contributed by atoms with E-state index in [1.807, 2.05) is 12.1 Å². The van der Waals surface area contributed by atoms with E-state index in [9.17, 15) is 4.39 Å². The van der Waals surface area contributed by atoms with E-state index in [2.05, 4.69) is 18.7 Å². The van der Waals surface area contributed by atoms with Crippen molar-refractivity contribution in [3.05, 3.63) is 29.6 Å². The van der Waals surface area contributed by atoms with E-state index in [1.165, 1.54) is 5.56 Å². The molecule has 0 saturated carbocycles. The summed E-state index contributed by atoms with van der Waals surface area (Å²) in [5.41, 5.74) is 1.90. The van der Waals surface area contributed by atoms with Crippen molar-refractivity contribution in [2.45, 2.75) is 19.8 Å². The first-order valence-corrected chi connectivity index (χ1v) is 5.80. The van der Waals surface area contributed by atoms with E-state index >= 15 is 0 Å². The maximum atomic E-state index is 13.7. The number of nitrogens with zero attached hydrogens (tertiary/aromatic N) is 1. The van der Waals surface area contributed by atoms with Crippen LogP contribution in [0.15, 0.2) is 18.2 Å². The molecule has 0 bridgehead atoms. The van der Waals surface area contributed by atoms with Crippen molar-refractivity contribution in [1.29, 1.82) is 0 Å². The Balaban J connectivity index is 2.27. The Kier molecular flexibility index (Phi) is 3.44. The van der Waals surface area contributed by atoms with Gasteiger partial charge in [0.2, 0.25) is 0 Å². The van der Waals surface area contributed by atoms with Gasteiger partial charge in [-0.3, -0.25) is 0 Å². The molecule has 2 nitrogen and oxygen atoms in total. The number of hydrogen-bond donors (Lipinski definition) is 0. The summed E-state index contributed by atoms with van der Waals surface area (Å²) >= 11 is 0. The van der Waals surface area contributed by atoms with E-state index in [0.29, 0.717) is 19.1 Å². The van der Waals surface area contributed by atoms with E-state index in [4.69, 9.17) is 4.74 Å². The van der Waals surface area contributed by atoms with Crippen LogP contribution in [0, 0.1) is 5.82 Å². The van der Waals surface area contributed by atoms with Gasteiger partial charge in [-0.05, 0) is 23.6 Å². The molecule has 1 fully saturated rings. The summed E-state index contributed by atoms with van der Waals surface area (Å²) in [5.74, 6) is 0.298. The van der Waals surface area contributed by atoms with Crippen molar-refractivity contribution in [3.8, 4) is 0 Å². The normalized spacial score (nSPS) is 16.9. The summed E-state index contributed by atoms with van der Waals surface area (Å²) in [6.45, 7) is 7.17. The van der Waals surface area contributed by atoms with Gasteiger partial charge < -0.3 is 9.64 Å². The molecule has 0 unspecified atom stereocenters. The molecule has 2 rings (SSSR count). The number of ether oxygens (including phenoxy) is 1. The minimum atomic E-state index is -0.133. The second kappa shape index (κ2) is 4.83. The molecule has 16 heavy (non-hydrogen) atoms. The van der Waals surface area contributed by atoms with Crippen molar-refractivity contribution in [2.24, 2.45) is 0 Å². The molecule has 0 N–H and O–H groups in total. The zero-order chi connectivity index (χ0) is 11.5. The highest BCUT2D eigenvalue weighted by molar-refractivity contribution is 5.51. The number of hydrogen-bond acceptors (Lipinski definition) is 2. The fourth-order valence-corrected chi connectivity index (χ4v) is 1.94. The SMILES string of the molecule is CC(C)c1ccc(F)c(N2CCOCC2)c1. The third-order valence-electron chi connectivity index (χ3n) is 2.99. The monoisotopic (exact) mass is 223 g/mol. The lowest BCUT2D eigenvalue weighted by Gasteiger charge is -2.29. The zero-order valence-corrected chi connectivity index (χ0v) is 9.87. The molecular formula is C13H18FNO. The summed E-state index contributed by atoms with van der Waals surface area (Å²) in [6.07, 6.45) is 0. The van der Waals surface area contributed by atoms with Crippen LogP contribution in [0.25, 0.3) is 0 Å². The highest BCUT2D eigenvalue weighted by atomic mass is 19.1. The Morgan fingerprint density at radius 3 is 2.56 bits per heavy atom. The molecule has 88 valence electrons. The van der Waals surface area contributed by atoms with Crippen LogP contribution in [-0.2, 0) is 4.74 Å². The molecule has 0 radical (unpaired) electrons. The maximum absolute atomic E-state index is 13.7. The van der Waals surface area contributed by atoms with Crippen molar-refractivity contribution >= 4 is 5.69 Å². The number of benzene rings is 1. The molecule has 0 spiro atoms. The van der Waals surface area contributed by atoms with Crippen LogP contribution in [0.3, 0.4) is 0 Å². The average molecular weight is 223 g/mol. The summed E-state index contributed by atoms with van der Waals surface area (Å²) < 4.78 is 19.0. The van der Waals surface area contributed by atoms with Crippen molar-refractivity contribution in [3.63, 3.8) is 0 Å². The predicted octanol–water partition coefficient (Wildman–Crippen LogP) is 2.79. The smallest absolute Gasteiger partial charge is 0.146 e. The number of morpholine rings is 1. The van der Waals surface area contributed by atoms with Gasteiger partial charge in [0.05, 0.1) is 18.9 Å². The second-order valence-corrected chi connectivity index (χ2v) is 4.46. The van der Waals surface area contributed by atoms with Gasteiger partial charge >= 0.3 is 0 Å². The van der Waals surface area contributed by atoms with Gasteiger partial charge in [0.25, 0.3) is 0 Å². The molecule has 1 aliphatic rings. The highest BCUT2D eigenvalue weighted by Gasteiger charge is 2.15. The summed E-state index contributed by atoms with van der Waals surface area (Å²) in [6, 6.07) is 5.40. The van der Waals surface area contributed by atoms with Gasteiger partial charge in [-0.25, -0.2) is 4.39 Å². The first-order valence-electron chi connectivity index (χ1n) is 5.80. The van der Waals surface area contributed by atoms with Crippen molar-refractivity contribution < 1.29 is 9.13 Å². The molecule has 1 saturated heterocycles. The van der Waals surface area contributed by atoms with Crippen LogP contribution >= 0.6 is 0 Å². The quantitative estimate of drug-likeness (QED) is 0.764. The Morgan fingerprint density at radius 2 is 1.94 bits per heavy atom. The van der Waals surface area contributed by atoms with E-state index in [-0.39, 0.29) is 5.82 Å². The van der Waals surface area contributed by atoms with Gasteiger partial charge in [-0.15, -0.1) is 0 Å². The molecule has 1 aromatic rings. The van der Waals surface area contributed by atoms with Gasteiger partial charge in [0.15, 0.2) is 0 Å². The van der Waals surface area contributed by atoms with Crippen LogP contribution in [0.2, 0.25) is 0 Å². The lowest BCUT2D eigenvalue weighted by molar-refractivity contribution is 0.122. The Labute approximate surface area is 96.0 Å². The lowest BCUT2D eigenvalue weighted by Crippen LogP contribution is -2.36. The van der Waals surface area contributed by atoms with E-state index < -0.39 is 0 Å². The fraction of sp³-hybridized carbons (Fsp3) is 0.538. The Morgan fingerprint density at radius 1 is 1.25 bits per heavy atom. The van der Waals surface area contributed by atoms with E-state index in [1.54, 1.807) is 6.07 Å². The largest absolute Gasteiger partial charge is 0.378 e. The first kappa shape index (κ1) is 11.4. The van der Waals surface area contributed by atoms with Crippen molar-refractivity contribution in [1.82, 2.24) is 0 Å². The Bertz CT molecular complexity index is 359. The van der Waals surface area contributed by atoms with Crippen LogP contribution in [0.1, 0.15) is 25.3 Å². The average Bonchev–Trinajstić information content (AvgIpc) is 2.30. The molecule has 0 atom stereocenters. The standard InChI is InChI=1S/C13H18FNO/c1-10(2)11-3-4-12(14)13(9-11)15-5-7-16-8-6-15/h3-4,9-10H,5-8H2,1-2H3. The number of halogens is 1. The molecule has 3 heteroatoms. The van der Waals surface area contributed by atoms with Gasteiger partial charge in [0.1, 0.15) is 5.82 Å². The third kappa shape index (κ3) is 2.35. The van der Waals surface area contributed by atoms with Crippen LogP contribution in [0.5, 0.6) is 0 Å². The summed E-state index contributed by atoms with van der Waals surface area (Å²) in [7, 11) is 0. The van der Waals surface area contributed by atoms with Crippen LogP contribution in [0.4, 0.5) is 10.1 Å². The number of anilines is 1. The minimum Gasteiger partial charge on any atom is -0.378 e. The van der Waals surface area contributed by atoms with E-state index in [0.717, 1.165) is 18.8 Å². The van der Waals surface area contributed by atoms with Gasteiger partial charge in [-0.2, -0.15) is 0 Å². The second-order valence-electron chi connectivity index (χ2n) is 4.46. The summed E-state index contributed by atoms with van der Waals surface area (Å²) in [4.78, 5) is 2.06. The molecular weight excluding hydrogens is 205 g/mol. The van der Waals surface area contributed by atoms with Crippen LogP contribution in [-0.4, -0.2) is 26.3 Å². The molecule has 0 aliphatic carbocycles. The maximum Gasteiger partial charge on any atom is 0.146 e. The molecule has 0 amide bonds. The molecule has 1 aliphatic heterocycles. The predicted molar refractivity (Wildman–Crippen MR) is 63.5 cm³/mol. The van der Waals surface area contributed by atoms with Crippen molar-refractivity contribution in [2.75, 3.05) is 31.2 Å². The topological polar surface area (TPSA) is 12.5 Å². The summed E-state index contributed by atoms with van der Waals surface area (Å²) in [5, 5.41) is 0. The van der Waals surface area contributed by atoms with Gasteiger partial charge in [0, 0.05) is 13.1 Å².